The summed E-state index contributed by atoms with van der Waals surface area (Å²) in [4.78, 5) is 10.5. The van der Waals surface area contributed by atoms with Crippen LogP contribution in [0, 0.1) is 13.8 Å². The van der Waals surface area contributed by atoms with Gasteiger partial charge in [0.05, 0.1) is 5.69 Å². The van der Waals surface area contributed by atoms with Gasteiger partial charge in [-0.3, -0.25) is 9.48 Å². The van der Waals surface area contributed by atoms with Gasteiger partial charge in [-0.05, 0) is 31.5 Å². The lowest BCUT2D eigenvalue weighted by molar-refractivity contribution is -0.112. The van der Waals surface area contributed by atoms with E-state index in [2.05, 4.69) is 5.10 Å². The van der Waals surface area contributed by atoms with Gasteiger partial charge >= 0.3 is 0 Å². The van der Waals surface area contributed by atoms with Crippen LogP contribution in [0.2, 0.25) is 0 Å². The number of carbonyl (C=O) groups is 1. The summed E-state index contributed by atoms with van der Waals surface area (Å²) >= 11 is 5.19. The Morgan fingerprint density at radius 1 is 1.73 bits per heavy atom. The summed E-state index contributed by atoms with van der Waals surface area (Å²) in [7, 11) is 0. The number of aryl methyl sites for hydroxylation is 2. The molecule has 1 aromatic heterocycles. The van der Waals surface area contributed by atoms with Crippen LogP contribution in [0.4, 0.5) is 0 Å². The van der Waals surface area contributed by atoms with Crippen LogP contribution < -0.4 is 0 Å². The van der Waals surface area contributed by atoms with Crippen molar-refractivity contribution >= 4 is 16.8 Å². The number of hydrogen-bond donors (Lipinski definition) is 0. The first-order valence-corrected chi connectivity index (χ1v) is 3.67. The summed E-state index contributed by atoms with van der Waals surface area (Å²) in [5.41, 5.74) is 1.86. The van der Waals surface area contributed by atoms with Gasteiger partial charge in [-0.1, -0.05) is 0 Å². The molecular weight excluding hydrogens is 164 g/mol. The number of rotatable bonds is 2. The van der Waals surface area contributed by atoms with E-state index in [9.17, 15) is 4.79 Å². The second-order valence-electron chi connectivity index (χ2n) is 2.44. The zero-order valence-electron chi connectivity index (χ0n) is 6.47. The molecule has 0 spiro atoms. The first kappa shape index (κ1) is 8.27. The lowest BCUT2D eigenvalue weighted by atomic mass is 10.4. The van der Waals surface area contributed by atoms with Crippen LogP contribution in [0.15, 0.2) is 6.07 Å². The van der Waals surface area contributed by atoms with Crippen molar-refractivity contribution in [2.45, 2.75) is 20.4 Å². The van der Waals surface area contributed by atoms with Gasteiger partial charge in [0.1, 0.15) is 6.54 Å². The molecule has 0 saturated heterocycles. The second kappa shape index (κ2) is 3.05. The number of hydrogen-bond acceptors (Lipinski definition) is 2. The molecule has 11 heavy (non-hydrogen) atoms. The molecule has 0 bridgehead atoms. The molecule has 0 atom stereocenters. The Balaban J connectivity index is 2.85. The van der Waals surface area contributed by atoms with E-state index in [0.29, 0.717) is 0 Å². The molecule has 0 radical (unpaired) electrons. The van der Waals surface area contributed by atoms with E-state index in [1.165, 1.54) is 0 Å². The second-order valence-corrected chi connectivity index (χ2v) is 2.86. The Labute approximate surface area is 70.0 Å². The van der Waals surface area contributed by atoms with Gasteiger partial charge in [0, 0.05) is 5.69 Å². The Morgan fingerprint density at radius 3 is 2.73 bits per heavy atom. The van der Waals surface area contributed by atoms with Crippen molar-refractivity contribution in [1.29, 1.82) is 0 Å². The van der Waals surface area contributed by atoms with Gasteiger partial charge in [-0.2, -0.15) is 5.10 Å². The van der Waals surface area contributed by atoms with Crippen molar-refractivity contribution in [2.75, 3.05) is 0 Å². The van der Waals surface area contributed by atoms with Crippen molar-refractivity contribution in [3.05, 3.63) is 17.5 Å². The fraction of sp³-hybridized carbons (Fsp3) is 0.429. The van der Waals surface area contributed by atoms with Crippen molar-refractivity contribution in [2.24, 2.45) is 0 Å². The van der Waals surface area contributed by atoms with E-state index in [4.69, 9.17) is 11.6 Å². The summed E-state index contributed by atoms with van der Waals surface area (Å²) in [5.74, 6) is 0. The highest BCUT2D eigenvalue weighted by molar-refractivity contribution is 6.63. The summed E-state index contributed by atoms with van der Waals surface area (Å²) in [6.07, 6.45) is 0. The molecule has 1 rings (SSSR count). The minimum absolute atomic E-state index is 0.154. The normalized spacial score (nSPS) is 10.1. The van der Waals surface area contributed by atoms with Crippen molar-refractivity contribution in [3.8, 4) is 0 Å². The van der Waals surface area contributed by atoms with E-state index >= 15 is 0 Å². The molecule has 0 aromatic carbocycles. The SMILES string of the molecule is Cc1cc(C)n(CC(=O)Cl)n1. The van der Waals surface area contributed by atoms with Gasteiger partial charge in [0.25, 0.3) is 0 Å². The predicted molar refractivity (Wildman–Crippen MR) is 42.6 cm³/mol. The summed E-state index contributed by atoms with van der Waals surface area (Å²) in [6, 6.07) is 1.90. The minimum Gasteiger partial charge on any atom is -0.279 e. The third-order valence-electron chi connectivity index (χ3n) is 1.38. The molecule has 3 nitrogen and oxygen atoms in total. The molecule has 0 aliphatic carbocycles. The topological polar surface area (TPSA) is 34.9 Å². The molecule has 1 heterocycles. The molecular formula is C7H9ClN2O. The minimum atomic E-state index is -0.392. The van der Waals surface area contributed by atoms with Crippen molar-refractivity contribution in [1.82, 2.24) is 9.78 Å². The Morgan fingerprint density at radius 2 is 2.36 bits per heavy atom. The van der Waals surface area contributed by atoms with Crippen LogP contribution in [0.25, 0.3) is 0 Å². The van der Waals surface area contributed by atoms with Gasteiger partial charge in [0.2, 0.25) is 5.24 Å². The number of aromatic nitrogens is 2. The number of nitrogens with zero attached hydrogens (tertiary/aromatic N) is 2. The van der Waals surface area contributed by atoms with Crippen molar-refractivity contribution in [3.63, 3.8) is 0 Å². The van der Waals surface area contributed by atoms with E-state index < -0.39 is 5.24 Å². The average Bonchev–Trinajstić information content (AvgIpc) is 2.09. The Kier molecular flexibility index (Phi) is 2.29. The molecule has 0 unspecified atom stereocenters. The highest BCUT2D eigenvalue weighted by Gasteiger charge is 2.03. The number of carbonyl (C=O) groups excluding carboxylic acids is 1. The predicted octanol–water partition coefficient (Wildman–Crippen LogP) is 1.27. The fourth-order valence-electron chi connectivity index (χ4n) is 0.953. The summed E-state index contributed by atoms with van der Waals surface area (Å²) in [5, 5.41) is 3.67. The maximum Gasteiger partial charge on any atom is 0.243 e. The third kappa shape index (κ3) is 2.05. The van der Waals surface area contributed by atoms with Crippen molar-refractivity contribution < 1.29 is 4.79 Å². The largest absolute Gasteiger partial charge is 0.279 e. The van der Waals surface area contributed by atoms with Crippen LogP contribution in [0.5, 0.6) is 0 Å². The molecule has 0 fully saturated rings. The first-order valence-electron chi connectivity index (χ1n) is 3.29. The van der Waals surface area contributed by atoms with Gasteiger partial charge in [-0.25, -0.2) is 0 Å². The summed E-state index contributed by atoms with van der Waals surface area (Å²) in [6.45, 7) is 3.92. The fourth-order valence-corrected chi connectivity index (χ4v) is 1.07. The standard InChI is InChI=1S/C7H9ClN2O/c1-5-3-6(2)10(9-5)4-7(8)11/h3H,4H2,1-2H3. The lowest BCUT2D eigenvalue weighted by Gasteiger charge is -1.97. The van der Waals surface area contributed by atoms with Crippen LogP contribution in [0.1, 0.15) is 11.4 Å². The molecule has 0 aliphatic rings. The van der Waals surface area contributed by atoms with E-state index in [0.717, 1.165) is 11.4 Å². The van der Waals surface area contributed by atoms with Crippen LogP contribution >= 0.6 is 11.6 Å². The monoisotopic (exact) mass is 172 g/mol. The summed E-state index contributed by atoms with van der Waals surface area (Å²) < 4.78 is 1.59. The zero-order chi connectivity index (χ0) is 8.43. The Bertz CT molecular complexity index is 280. The molecule has 0 saturated carbocycles. The van der Waals surface area contributed by atoms with E-state index in [1.807, 2.05) is 19.9 Å². The number of halogens is 1. The Hall–Kier alpha value is -0.830. The lowest BCUT2D eigenvalue weighted by Crippen LogP contribution is -2.07. The maximum absolute atomic E-state index is 10.5. The first-order chi connectivity index (χ1) is 5.09. The smallest absolute Gasteiger partial charge is 0.243 e. The zero-order valence-corrected chi connectivity index (χ0v) is 7.22. The quantitative estimate of drug-likeness (QED) is 0.630. The van der Waals surface area contributed by atoms with Crippen LogP contribution in [-0.4, -0.2) is 15.0 Å². The molecule has 0 N–H and O–H groups in total. The maximum atomic E-state index is 10.5. The molecule has 0 amide bonds. The molecule has 1 aromatic rings. The molecule has 0 aliphatic heterocycles. The highest BCUT2D eigenvalue weighted by atomic mass is 35.5. The van der Waals surface area contributed by atoms with Gasteiger partial charge in [-0.15, -0.1) is 0 Å². The van der Waals surface area contributed by atoms with Crippen LogP contribution in [0.3, 0.4) is 0 Å². The van der Waals surface area contributed by atoms with Gasteiger partial charge < -0.3 is 0 Å². The average molecular weight is 173 g/mol. The van der Waals surface area contributed by atoms with Crippen LogP contribution in [-0.2, 0) is 11.3 Å². The van der Waals surface area contributed by atoms with E-state index in [1.54, 1.807) is 4.68 Å². The molecule has 4 heteroatoms. The highest BCUT2D eigenvalue weighted by Crippen LogP contribution is 2.01. The van der Waals surface area contributed by atoms with E-state index in [-0.39, 0.29) is 6.54 Å². The van der Waals surface area contributed by atoms with Gasteiger partial charge in [0.15, 0.2) is 0 Å². The third-order valence-corrected chi connectivity index (χ3v) is 1.50. The molecule has 60 valence electrons.